The second-order valence-electron chi connectivity index (χ2n) is 6.23. The van der Waals surface area contributed by atoms with Crippen LogP contribution >= 0.6 is 11.8 Å². The number of fused-ring (bicyclic) bond motifs is 1. The van der Waals surface area contributed by atoms with Crippen LogP contribution in [0.15, 0.2) is 35.4 Å². The number of rotatable bonds is 4. The summed E-state index contributed by atoms with van der Waals surface area (Å²) in [4.78, 5) is 26.4. The molecule has 4 rings (SSSR count). The first-order valence-corrected chi connectivity index (χ1v) is 9.51. The minimum atomic E-state index is -0.273. The summed E-state index contributed by atoms with van der Waals surface area (Å²) in [5, 5.41) is 0. The molecule has 0 bridgehead atoms. The number of halogens is 1. The monoisotopic (exact) mass is 374 g/mol. The highest BCUT2D eigenvalue weighted by Gasteiger charge is 2.26. The molecule has 2 aromatic rings. The zero-order valence-corrected chi connectivity index (χ0v) is 15.0. The van der Waals surface area contributed by atoms with Crippen molar-refractivity contribution < 1.29 is 13.9 Å². The fraction of sp³-hybridized carbons (Fsp3) is 0.389. The summed E-state index contributed by atoms with van der Waals surface area (Å²) in [6, 6.07) is 6.18. The Balaban J connectivity index is 1.36. The Bertz CT molecular complexity index is 796. The zero-order valence-electron chi connectivity index (χ0n) is 14.2. The third kappa shape index (κ3) is 3.81. The molecule has 0 aliphatic carbocycles. The molecule has 1 amide bonds. The van der Waals surface area contributed by atoms with Crippen LogP contribution in [0.2, 0.25) is 0 Å². The number of anilines is 1. The van der Waals surface area contributed by atoms with E-state index in [9.17, 15) is 9.18 Å². The summed E-state index contributed by atoms with van der Waals surface area (Å²) >= 11 is 1.41. The highest BCUT2D eigenvalue weighted by atomic mass is 32.2. The summed E-state index contributed by atoms with van der Waals surface area (Å²) < 4.78 is 18.3. The van der Waals surface area contributed by atoms with Crippen LogP contribution in [0.3, 0.4) is 0 Å². The molecule has 8 heteroatoms. The third-order valence-corrected chi connectivity index (χ3v) is 5.46. The number of amides is 1. The molecular weight excluding hydrogens is 355 g/mol. The lowest BCUT2D eigenvalue weighted by Crippen LogP contribution is -2.37. The number of benzene rings is 1. The maximum atomic E-state index is 12.9. The summed E-state index contributed by atoms with van der Waals surface area (Å²) in [7, 11) is 0. The molecule has 0 N–H and O–H groups in total. The van der Waals surface area contributed by atoms with Gasteiger partial charge in [-0.1, -0.05) is 0 Å². The Kier molecular flexibility index (Phi) is 5.03. The van der Waals surface area contributed by atoms with E-state index in [0.717, 1.165) is 29.2 Å². The first kappa shape index (κ1) is 17.2. The average molecular weight is 374 g/mol. The molecule has 6 nitrogen and oxygen atoms in total. The van der Waals surface area contributed by atoms with Crippen LogP contribution in [0.5, 0.6) is 0 Å². The molecule has 0 spiro atoms. The van der Waals surface area contributed by atoms with Gasteiger partial charge >= 0.3 is 0 Å². The summed E-state index contributed by atoms with van der Waals surface area (Å²) in [6.07, 6.45) is 1.83. The highest BCUT2D eigenvalue weighted by Crippen LogP contribution is 2.25. The Labute approximate surface area is 155 Å². The highest BCUT2D eigenvalue weighted by molar-refractivity contribution is 8.00. The predicted octanol–water partition coefficient (Wildman–Crippen LogP) is 2.09. The van der Waals surface area contributed by atoms with Crippen LogP contribution in [0.25, 0.3) is 0 Å². The lowest BCUT2D eigenvalue weighted by molar-refractivity contribution is -0.128. The van der Waals surface area contributed by atoms with Crippen LogP contribution in [0.4, 0.5) is 10.3 Å². The summed E-state index contributed by atoms with van der Waals surface area (Å²) in [5.41, 5.74) is 1.92. The van der Waals surface area contributed by atoms with E-state index in [4.69, 9.17) is 4.74 Å². The van der Waals surface area contributed by atoms with E-state index in [0.29, 0.717) is 38.0 Å². The van der Waals surface area contributed by atoms with Gasteiger partial charge in [0.1, 0.15) is 5.82 Å². The van der Waals surface area contributed by atoms with Gasteiger partial charge in [0.15, 0.2) is 0 Å². The molecule has 2 aliphatic heterocycles. The molecule has 136 valence electrons. The van der Waals surface area contributed by atoms with Crippen LogP contribution < -0.4 is 4.90 Å². The lowest BCUT2D eigenvalue weighted by atomic mass is 10.3. The van der Waals surface area contributed by atoms with Crippen molar-refractivity contribution in [3.63, 3.8) is 0 Å². The predicted molar refractivity (Wildman–Crippen MR) is 96.4 cm³/mol. The first-order valence-electron chi connectivity index (χ1n) is 8.53. The van der Waals surface area contributed by atoms with E-state index in [1.165, 1.54) is 23.9 Å². The number of hydrogen-bond acceptors (Lipinski definition) is 6. The number of morpholine rings is 1. The fourth-order valence-electron chi connectivity index (χ4n) is 3.00. The number of hydrogen-bond donors (Lipinski definition) is 0. The lowest BCUT2D eigenvalue weighted by Gasteiger charge is -2.26. The van der Waals surface area contributed by atoms with Gasteiger partial charge in [0, 0.05) is 36.3 Å². The molecule has 1 fully saturated rings. The van der Waals surface area contributed by atoms with Gasteiger partial charge in [-0.05, 0) is 24.3 Å². The minimum absolute atomic E-state index is 0.0465. The molecule has 1 aromatic carbocycles. The van der Waals surface area contributed by atoms with E-state index in [-0.39, 0.29) is 11.7 Å². The van der Waals surface area contributed by atoms with E-state index < -0.39 is 0 Å². The van der Waals surface area contributed by atoms with Crippen molar-refractivity contribution in [1.29, 1.82) is 0 Å². The number of nitrogens with zero attached hydrogens (tertiary/aromatic N) is 4. The standard InChI is InChI=1S/C18H19FN4O2S/c19-14-1-3-15(4-2-14)26-12-17(24)23-10-13-9-20-18(21-16(13)11-23)22-5-7-25-8-6-22/h1-4,9H,5-8,10-12H2. The van der Waals surface area contributed by atoms with Gasteiger partial charge in [0.2, 0.25) is 11.9 Å². The molecule has 0 saturated carbocycles. The molecule has 1 aromatic heterocycles. The second-order valence-corrected chi connectivity index (χ2v) is 7.28. The van der Waals surface area contributed by atoms with Crippen LogP contribution in [-0.2, 0) is 22.6 Å². The summed E-state index contributed by atoms with van der Waals surface area (Å²) in [6.45, 7) is 4.00. The number of ether oxygens (including phenoxy) is 1. The van der Waals surface area contributed by atoms with E-state index in [1.807, 2.05) is 6.20 Å². The zero-order chi connectivity index (χ0) is 17.9. The number of aromatic nitrogens is 2. The molecule has 0 atom stereocenters. The maximum Gasteiger partial charge on any atom is 0.233 e. The largest absolute Gasteiger partial charge is 0.378 e. The van der Waals surface area contributed by atoms with Crippen molar-refractivity contribution in [3.8, 4) is 0 Å². The third-order valence-electron chi connectivity index (χ3n) is 4.47. The smallest absolute Gasteiger partial charge is 0.233 e. The second kappa shape index (κ2) is 7.59. The molecule has 2 aliphatic rings. The van der Waals surface area contributed by atoms with Crippen molar-refractivity contribution in [2.45, 2.75) is 18.0 Å². The number of carbonyl (C=O) groups is 1. The van der Waals surface area contributed by atoms with Crippen molar-refractivity contribution in [2.75, 3.05) is 37.0 Å². The van der Waals surface area contributed by atoms with E-state index in [1.54, 1.807) is 17.0 Å². The van der Waals surface area contributed by atoms with Crippen molar-refractivity contribution in [1.82, 2.24) is 14.9 Å². The topological polar surface area (TPSA) is 58.6 Å². The van der Waals surface area contributed by atoms with Gasteiger partial charge in [-0.3, -0.25) is 4.79 Å². The summed E-state index contributed by atoms with van der Waals surface area (Å²) in [5.74, 6) is 0.807. The van der Waals surface area contributed by atoms with Gasteiger partial charge in [0.05, 0.1) is 31.2 Å². The van der Waals surface area contributed by atoms with E-state index in [2.05, 4.69) is 14.9 Å². The quantitative estimate of drug-likeness (QED) is 0.764. The molecule has 0 unspecified atom stereocenters. The normalized spacial score (nSPS) is 16.7. The molecule has 3 heterocycles. The molecule has 1 saturated heterocycles. The maximum absolute atomic E-state index is 12.9. The average Bonchev–Trinajstić information content (AvgIpc) is 3.11. The van der Waals surface area contributed by atoms with Gasteiger partial charge in [-0.25, -0.2) is 14.4 Å². The molecular formula is C18H19FN4O2S. The Hall–Kier alpha value is -2.19. The molecule has 0 radical (unpaired) electrons. The van der Waals surface area contributed by atoms with Crippen molar-refractivity contribution >= 4 is 23.6 Å². The van der Waals surface area contributed by atoms with Crippen LogP contribution in [0, 0.1) is 5.82 Å². The van der Waals surface area contributed by atoms with Crippen LogP contribution in [0.1, 0.15) is 11.3 Å². The Morgan fingerprint density at radius 1 is 1.19 bits per heavy atom. The minimum Gasteiger partial charge on any atom is -0.378 e. The first-order chi connectivity index (χ1) is 12.7. The van der Waals surface area contributed by atoms with Gasteiger partial charge in [-0.15, -0.1) is 11.8 Å². The van der Waals surface area contributed by atoms with Gasteiger partial charge in [-0.2, -0.15) is 0 Å². The Morgan fingerprint density at radius 2 is 1.96 bits per heavy atom. The number of thioether (sulfide) groups is 1. The van der Waals surface area contributed by atoms with Crippen molar-refractivity contribution in [2.24, 2.45) is 0 Å². The van der Waals surface area contributed by atoms with E-state index >= 15 is 0 Å². The number of carbonyl (C=O) groups excluding carboxylic acids is 1. The van der Waals surface area contributed by atoms with Crippen LogP contribution in [-0.4, -0.2) is 52.8 Å². The van der Waals surface area contributed by atoms with Gasteiger partial charge in [0.25, 0.3) is 0 Å². The molecule has 26 heavy (non-hydrogen) atoms. The van der Waals surface area contributed by atoms with Crippen molar-refractivity contribution in [3.05, 3.63) is 47.5 Å². The Morgan fingerprint density at radius 3 is 2.73 bits per heavy atom. The van der Waals surface area contributed by atoms with Gasteiger partial charge < -0.3 is 14.5 Å². The SMILES string of the molecule is O=C(CSc1ccc(F)cc1)N1Cc2cnc(N3CCOCC3)nc2C1. The fourth-order valence-corrected chi connectivity index (χ4v) is 3.80.